The zero-order valence-corrected chi connectivity index (χ0v) is 17.5. The molecule has 3 aliphatic heterocycles. The lowest BCUT2D eigenvalue weighted by Gasteiger charge is -2.36. The first-order valence-electron chi connectivity index (χ1n) is 10.8. The Bertz CT molecular complexity index is 850. The van der Waals surface area contributed by atoms with Crippen LogP contribution < -0.4 is 10.2 Å². The Balaban J connectivity index is 1.49. The fourth-order valence-electron chi connectivity index (χ4n) is 4.62. The molecule has 154 valence electrons. The number of carbonyl (C=O) groups is 1. The molecule has 0 radical (unpaired) electrons. The van der Waals surface area contributed by atoms with E-state index in [1.165, 1.54) is 19.4 Å². The second-order valence-corrected chi connectivity index (χ2v) is 8.34. The zero-order chi connectivity index (χ0) is 20.5. The van der Waals surface area contributed by atoms with Crippen molar-refractivity contribution in [1.82, 2.24) is 15.1 Å². The van der Waals surface area contributed by atoms with Gasteiger partial charge in [-0.2, -0.15) is 0 Å². The number of piperidine rings is 1. The first-order valence-corrected chi connectivity index (χ1v) is 10.8. The van der Waals surface area contributed by atoms with Gasteiger partial charge < -0.3 is 10.2 Å². The topological polar surface area (TPSA) is 38.8 Å². The van der Waals surface area contributed by atoms with E-state index in [1.54, 1.807) is 0 Å². The Hall–Kier alpha value is -2.53. The number of nitrogens with zero attached hydrogens (tertiary/aromatic N) is 3. The summed E-state index contributed by atoms with van der Waals surface area (Å²) in [7, 11) is 0. The third kappa shape index (κ3) is 3.71. The van der Waals surface area contributed by atoms with E-state index in [0.717, 1.165) is 72.9 Å². The van der Waals surface area contributed by atoms with E-state index < -0.39 is 0 Å². The van der Waals surface area contributed by atoms with Crippen LogP contribution in [0.3, 0.4) is 0 Å². The number of rotatable bonds is 5. The summed E-state index contributed by atoms with van der Waals surface area (Å²) in [6.45, 7) is 19.9. The Morgan fingerprint density at radius 1 is 1.10 bits per heavy atom. The number of benzene rings is 1. The largest absolute Gasteiger partial charge is 0.369 e. The molecule has 3 heterocycles. The van der Waals surface area contributed by atoms with Crippen LogP contribution in [0.1, 0.15) is 48.5 Å². The lowest BCUT2D eigenvalue weighted by atomic mass is 10.0. The third-order valence-electron chi connectivity index (χ3n) is 6.39. The maximum absolute atomic E-state index is 13.3. The number of piperazine rings is 1. The number of hydrogen-bond acceptors (Lipinski definition) is 4. The second kappa shape index (κ2) is 8.07. The van der Waals surface area contributed by atoms with Crippen molar-refractivity contribution in [2.45, 2.75) is 38.6 Å². The van der Waals surface area contributed by atoms with Crippen molar-refractivity contribution in [1.29, 1.82) is 0 Å². The smallest absolute Gasteiger partial charge is 0.259 e. The van der Waals surface area contributed by atoms with E-state index in [1.807, 2.05) is 4.90 Å². The molecule has 29 heavy (non-hydrogen) atoms. The molecule has 0 bridgehead atoms. The predicted octanol–water partition coefficient (Wildman–Crippen LogP) is 3.81. The molecule has 5 heteroatoms. The molecule has 1 N–H and O–H groups in total. The summed E-state index contributed by atoms with van der Waals surface area (Å²) in [5.41, 5.74) is 5.40. The zero-order valence-electron chi connectivity index (χ0n) is 17.5. The molecule has 0 aromatic heterocycles. The summed E-state index contributed by atoms with van der Waals surface area (Å²) in [6, 6.07) is 6.19. The van der Waals surface area contributed by atoms with Crippen LogP contribution in [-0.4, -0.2) is 54.5 Å². The van der Waals surface area contributed by atoms with Crippen molar-refractivity contribution < 1.29 is 4.79 Å². The molecule has 1 aromatic carbocycles. The molecule has 1 aromatic rings. The number of amides is 1. The maximum Gasteiger partial charge on any atom is 0.259 e. The normalized spacial score (nSPS) is 22.9. The highest BCUT2D eigenvalue weighted by Gasteiger charge is 2.38. The molecule has 0 saturated carbocycles. The van der Waals surface area contributed by atoms with E-state index in [2.05, 4.69) is 60.0 Å². The lowest BCUT2D eigenvalue weighted by Crippen LogP contribution is -2.46. The summed E-state index contributed by atoms with van der Waals surface area (Å²) >= 11 is 0. The predicted molar refractivity (Wildman–Crippen MR) is 120 cm³/mol. The van der Waals surface area contributed by atoms with Crippen molar-refractivity contribution in [2.24, 2.45) is 0 Å². The van der Waals surface area contributed by atoms with Gasteiger partial charge in [0, 0.05) is 54.5 Å². The van der Waals surface area contributed by atoms with Crippen molar-refractivity contribution in [2.75, 3.05) is 37.6 Å². The number of anilines is 1. The molecule has 1 unspecified atom stereocenters. The number of allylic oxidation sites excluding steroid dienone is 1. The minimum absolute atomic E-state index is 0.0360. The monoisotopic (exact) mass is 392 g/mol. The average molecular weight is 393 g/mol. The van der Waals surface area contributed by atoms with Crippen LogP contribution in [0, 0.1) is 0 Å². The molecule has 5 nitrogen and oxygen atoms in total. The highest BCUT2D eigenvalue weighted by Crippen LogP contribution is 2.38. The number of unbranched alkanes of at least 4 members (excludes halogenated alkanes) is 1. The maximum atomic E-state index is 13.3. The quantitative estimate of drug-likeness (QED) is 0.827. The van der Waals surface area contributed by atoms with Gasteiger partial charge in [-0.05, 0) is 37.9 Å². The number of fused-ring (bicyclic) bond motifs is 1. The van der Waals surface area contributed by atoms with Crippen molar-refractivity contribution >= 4 is 17.3 Å². The van der Waals surface area contributed by atoms with Gasteiger partial charge >= 0.3 is 0 Å². The minimum Gasteiger partial charge on any atom is -0.369 e. The van der Waals surface area contributed by atoms with Crippen LogP contribution in [0.2, 0.25) is 0 Å². The third-order valence-corrected chi connectivity index (χ3v) is 6.39. The van der Waals surface area contributed by atoms with Crippen LogP contribution in [0.15, 0.2) is 49.3 Å². The Kier molecular flexibility index (Phi) is 5.50. The van der Waals surface area contributed by atoms with Gasteiger partial charge in [0.2, 0.25) is 0 Å². The van der Waals surface area contributed by atoms with E-state index in [4.69, 9.17) is 0 Å². The van der Waals surface area contributed by atoms with Gasteiger partial charge in [-0.1, -0.05) is 39.1 Å². The lowest BCUT2D eigenvalue weighted by molar-refractivity contribution is 0.0809. The molecule has 0 spiro atoms. The van der Waals surface area contributed by atoms with Gasteiger partial charge in [0.25, 0.3) is 5.91 Å². The van der Waals surface area contributed by atoms with Crippen molar-refractivity contribution in [3.05, 3.63) is 60.5 Å². The van der Waals surface area contributed by atoms with Gasteiger partial charge in [0.05, 0.1) is 11.6 Å². The van der Waals surface area contributed by atoms with Gasteiger partial charge in [0.15, 0.2) is 0 Å². The van der Waals surface area contributed by atoms with E-state index in [-0.39, 0.29) is 11.9 Å². The molecule has 2 saturated heterocycles. The van der Waals surface area contributed by atoms with Crippen molar-refractivity contribution in [3.63, 3.8) is 0 Å². The average Bonchev–Trinajstić information content (AvgIpc) is 2.97. The van der Waals surface area contributed by atoms with Crippen LogP contribution >= 0.6 is 0 Å². The highest BCUT2D eigenvalue weighted by molar-refractivity contribution is 6.10. The molecule has 3 aliphatic rings. The fraction of sp³-hybridized carbons (Fsp3) is 0.458. The number of hydrogen-bond donors (Lipinski definition) is 1. The summed E-state index contributed by atoms with van der Waals surface area (Å²) in [5.74, 6) is 0.0360. The van der Waals surface area contributed by atoms with E-state index in [0.29, 0.717) is 0 Å². The van der Waals surface area contributed by atoms with Crippen LogP contribution in [0.5, 0.6) is 0 Å². The summed E-state index contributed by atoms with van der Waals surface area (Å²) in [4.78, 5) is 20.0. The first-order chi connectivity index (χ1) is 14.0. The molecule has 0 aliphatic carbocycles. The van der Waals surface area contributed by atoms with Gasteiger partial charge in [-0.3, -0.25) is 14.6 Å². The number of nitrogens with one attached hydrogen (secondary N) is 1. The Morgan fingerprint density at radius 2 is 1.86 bits per heavy atom. The summed E-state index contributed by atoms with van der Waals surface area (Å²) in [5, 5.41) is 3.22. The number of carbonyl (C=O) groups excluding carboxylic acids is 1. The molecule has 2 fully saturated rings. The highest BCUT2D eigenvalue weighted by atomic mass is 16.2. The fourth-order valence-corrected chi connectivity index (χ4v) is 4.62. The van der Waals surface area contributed by atoms with Gasteiger partial charge in [-0.15, -0.1) is 0 Å². The molecule has 4 rings (SSSR count). The molecular formula is C24H32N4O. The van der Waals surface area contributed by atoms with E-state index in [9.17, 15) is 4.79 Å². The van der Waals surface area contributed by atoms with Gasteiger partial charge in [-0.25, -0.2) is 0 Å². The Labute approximate surface area is 174 Å². The standard InChI is InChI=1S/C24H32N4O/c1-5-6-11-26-12-14-27(15-13-26)20-8-9-21-19(4)28(24(29)22(21)16-20)23-10-7-17(2)25-18(23)3/h8-9,16,23,25H,2-7,10-15H2,1H3. The summed E-state index contributed by atoms with van der Waals surface area (Å²) in [6.07, 6.45) is 4.17. The van der Waals surface area contributed by atoms with Crippen LogP contribution in [0.25, 0.3) is 5.70 Å². The SMILES string of the molecule is C=C1CCC(N2C(=C)c3ccc(N4CCN(CCCC)CC4)cc3C2=O)C(=C)N1. The summed E-state index contributed by atoms with van der Waals surface area (Å²) < 4.78 is 0. The first kappa shape index (κ1) is 19.8. The van der Waals surface area contributed by atoms with Gasteiger partial charge in [0.1, 0.15) is 0 Å². The molecular weight excluding hydrogens is 360 g/mol. The second-order valence-electron chi connectivity index (χ2n) is 8.34. The minimum atomic E-state index is -0.0709. The molecule has 1 atom stereocenters. The van der Waals surface area contributed by atoms with Crippen molar-refractivity contribution in [3.8, 4) is 0 Å². The Morgan fingerprint density at radius 3 is 2.55 bits per heavy atom. The van der Waals surface area contributed by atoms with Crippen LogP contribution in [0.4, 0.5) is 5.69 Å². The van der Waals surface area contributed by atoms with Crippen LogP contribution in [-0.2, 0) is 0 Å². The van der Waals surface area contributed by atoms with E-state index >= 15 is 0 Å². The molecule has 1 amide bonds.